The summed E-state index contributed by atoms with van der Waals surface area (Å²) in [5.41, 5.74) is 0. The van der Waals surface area contributed by atoms with E-state index in [1.807, 2.05) is 0 Å². The third-order valence-electron chi connectivity index (χ3n) is 1.96. The molecule has 0 aromatic heterocycles. The van der Waals surface area contributed by atoms with Crippen LogP contribution >= 0.6 is 15.9 Å². The molecule has 74 valence electrons. The zero-order valence-corrected chi connectivity index (χ0v) is 8.14. The van der Waals surface area contributed by atoms with E-state index in [-0.39, 0.29) is 0 Å². The molecular formula is C8H8BrF3O. The van der Waals surface area contributed by atoms with E-state index in [4.69, 9.17) is 5.11 Å². The van der Waals surface area contributed by atoms with Gasteiger partial charge in [-0.2, -0.15) is 13.2 Å². The van der Waals surface area contributed by atoms with Gasteiger partial charge in [-0.3, -0.25) is 0 Å². The maximum atomic E-state index is 12.5. The maximum absolute atomic E-state index is 12.5. The number of aliphatic hydroxyl groups is 1. The van der Waals surface area contributed by atoms with Gasteiger partial charge in [-0.15, -0.1) is 0 Å². The molecule has 0 amide bonds. The summed E-state index contributed by atoms with van der Waals surface area (Å²) >= 11 is 2.62. The Labute approximate surface area is 82.1 Å². The number of allylic oxidation sites excluding steroid dienone is 3. The second-order valence-corrected chi connectivity index (χ2v) is 4.11. The first-order valence-electron chi connectivity index (χ1n) is 3.64. The number of hydrogen-bond donors (Lipinski definition) is 1. The zero-order chi connectivity index (χ0) is 10.1. The largest absolute Gasteiger partial charge is 0.407 e. The second-order valence-electron chi connectivity index (χ2n) is 2.80. The molecule has 0 bridgehead atoms. The summed E-state index contributed by atoms with van der Waals surface area (Å²) in [7, 11) is 0. The quantitative estimate of drug-likeness (QED) is 0.715. The molecule has 0 saturated carbocycles. The third-order valence-corrected chi connectivity index (χ3v) is 3.27. The van der Waals surface area contributed by atoms with E-state index in [0.29, 0.717) is 0 Å². The lowest BCUT2D eigenvalue weighted by Crippen LogP contribution is -2.45. The Hall–Kier alpha value is -0.290. The smallest absolute Gasteiger partial charge is 0.396 e. The molecule has 0 saturated heterocycles. The molecule has 13 heavy (non-hydrogen) atoms. The summed E-state index contributed by atoms with van der Waals surface area (Å²) in [6.07, 6.45) is 0.748. The molecule has 2 unspecified atom stereocenters. The molecule has 0 aliphatic heterocycles. The van der Waals surface area contributed by atoms with Crippen LogP contribution in [-0.4, -0.2) is 22.2 Å². The van der Waals surface area contributed by atoms with Crippen molar-refractivity contribution in [2.24, 2.45) is 5.92 Å². The van der Waals surface area contributed by atoms with E-state index in [2.05, 4.69) is 15.9 Å². The highest BCUT2D eigenvalue weighted by Gasteiger charge is 2.55. The van der Waals surface area contributed by atoms with Gasteiger partial charge in [0.05, 0.1) is 6.61 Å². The van der Waals surface area contributed by atoms with Crippen molar-refractivity contribution in [3.8, 4) is 0 Å². The molecule has 0 aromatic rings. The van der Waals surface area contributed by atoms with Crippen LogP contribution in [0.5, 0.6) is 0 Å². The molecule has 5 heteroatoms. The number of halogens is 4. The number of rotatable bonds is 1. The van der Waals surface area contributed by atoms with E-state index >= 15 is 0 Å². The minimum atomic E-state index is -4.40. The van der Waals surface area contributed by atoms with Crippen molar-refractivity contribution in [3.63, 3.8) is 0 Å². The average molecular weight is 257 g/mol. The monoisotopic (exact) mass is 256 g/mol. The number of alkyl halides is 4. The highest BCUT2D eigenvalue weighted by molar-refractivity contribution is 9.10. The first-order chi connectivity index (χ1) is 5.92. The van der Waals surface area contributed by atoms with Crippen molar-refractivity contribution in [3.05, 3.63) is 24.3 Å². The predicted molar refractivity (Wildman–Crippen MR) is 46.6 cm³/mol. The SMILES string of the molecule is OCC1C=CC=CC1(Br)C(F)(F)F. The highest BCUT2D eigenvalue weighted by atomic mass is 79.9. The van der Waals surface area contributed by atoms with Crippen LogP contribution in [0.3, 0.4) is 0 Å². The van der Waals surface area contributed by atoms with Crippen LogP contribution < -0.4 is 0 Å². The van der Waals surface area contributed by atoms with E-state index < -0.39 is 23.0 Å². The van der Waals surface area contributed by atoms with Gasteiger partial charge in [0.2, 0.25) is 0 Å². The minimum absolute atomic E-state index is 0.536. The number of aliphatic hydroxyl groups excluding tert-OH is 1. The van der Waals surface area contributed by atoms with Crippen molar-refractivity contribution in [2.75, 3.05) is 6.61 Å². The van der Waals surface area contributed by atoms with Crippen molar-refractivity contribution < 1.29 is 18.3 Å². The Morgan fingerprint density at radius 3 is 2.38 bits per heavy atom. The average Bonchev–Trinajstić information content (AvgIpc) is 2.03. The molecule has 2 atom stereocenters. The fraction of sp³-hybridized carbons (Fsp3) is 0.500. The van der Waals surface area contributed by atoms with E-state index in [1.54, 1.807) is 0 Å². The van der Waals surface area contributed by atoms with Gasteiger partial charge in [-0.25, -0.2) is 0 Å². The molecule has 1 nitrogen and oxygen atoms in total. The summed E-state index contributed by atoms with van der Waals surface area (Å²) in [6, 6.07) is 0. The van der Waals surface area contributed by atoms with Gasteiger partial charge in [0, 0.05) is 5.92 Å². The van der Waals surface area contributed by atoms with E-state index in [9.17, 15) is 13.2 Å². The van der Waals surface area contributed by atoms with Crippen molar-refractivity contribution in [1.82, 2.24) is 0 Å². The van der Waals surface area contributed by atoms with Crippen molar-refractivity contribution in [1.29, 1.82) is 0 Å². The molecule has 1 rings (SSSR count). The molecule has 1 N–H and O–H groups in total. The molecular weight excluding hydrogens is 249 g/mol. The first-order valence-corrected chi connectivity index (χ1v) is 4.43. The lowest BCUT2D eigenvalue weighted by atomic mass is 9.88. The molecule has 0 spiro atoms. The summed E-state index contributed by atoms with van der Waals surface area (Å²) in [4.78, 5) is 0. The minimum Gasteiger partial charge on any atom is -0.396 e. The molecule has 0 fully saturated rings. The van der Waals surface area contributed by atoms with Gasteiger partial charge in [0.1, 0.15) is 4.32 Å². The van der Waals surface area contributed by atoms with E-state index in [1.165, 1.54) is 18.2 Å². The Bertz CT molecular complexity index is 246. The fourth-order valence-corrected chi connectivity index (χ4v) is 1.61. The van der Waals surface area contributed by atoms with Crippen LogP contribution in [0.4, 0.5) is 13.2 Å². The maximum Gasteiger partial charge on any atom is 0.407 e. The second kappa shape index (κ2) is 3.46. The lowest BCUT2D eigenvalue weighted by Gasteiger charge is -2.33. The summed E-state index contributed by atoms with van der Waals surface area (Å²) < 4.78 is 35.4. The Morgan fingerprint density at radius 1 is 1.38 bits per heavy atom. The molecule has 0 aromatic carbocycles. The van der Waals surface area contributed by atoms with Crippen LogP contribution in [-0.2, 0) is 0 Å². The normalized spacial score (nSPS) is 33.8. The molecule has 0 heterocycles. The molecule has 1 aliphatic rings. The Morgan fingerprint density at radius 2 is 2.00 bits per heavy atom. The Kier molecular flexibility index (Phi) is 2.87. The van der Waals surface area contributed by atoms with Crippen LogP contribution in [0.2, 0.25) is 0 Å². The lowest BCUT2D eigenvalue weighted by molar-refractivity contribution is -0.156. The van der Waals surface area contributed by atoms with Crippen LogP contribution in [0.15, 0.2) is 24.3 Å². The predicted octanol–water partition coefficient (Wildman–Crippen LogP) is 2.42. The number of hydrogen-bond acceptors (Lipinski definition) is 1. The van der Waals surface area contributed by atoms with Crippen LogP contribution in [0.1, 0.15) is 0 Å². The van der Waals surface area contributed by atoms with Gasteiger partial charge >= 0.3 is 6.18 Å². The van der Waals surface area contributed by atoms with Crippen molar-refractivity contribution in [2.45, 2.75) is 10.5 Å². The highest BCUT2D eigenvalue weighted by Crippen LogP contribution is 2.46. The summed E-state index contributed by atoms with van der Waals surface area (Å²) in [5, 5.41) is 8.77. The van der Waals surface area contributed by atoms with Gasteiger partial charge in [-0.05, 0) is 0 Å². The van der Waals surface area contributed by atoms with Gasteiger partial charge in [0.15, 0.2) is 0 Å². The molecule has 0 radical (unpaired) electrons. The van der Waals surface area contributed by atoms with Crippen LogP contribution in [0.25, 0.3) is 0 Å². The summed E-state index contributed by atoms with van der Waals surface area (Å²) in [6.45, 7) is -0.536. The fourth-order valence-electron chi connectivity index (χ4n) is 1.16. The van der Waals surface area contributed by atoms with E-state index in [0.717, 1.165) is 6.08 Å². The van der Waals surface area contributed by atoms with Crippen LogP contribution in [0, 0.1) is 5.92 Å². The van der Waals surface area contributed by atoms with Gasteiger partial charge in [0.25, 0.3) is 0 Å². The zero-order valence-electron chi connectivity index (χ0n) is 6.55. The van der Waals surface area contributed by atoms with Gasteiger partial charge < -0.3 is 5.11 Å². The third kappa shape index (κ3) is 1.81. The standard InChI is InChI=1S/C8H8BrF3O/c9-7(8(10,11)12)4-2-1-3-6(7)5-13/h1-4,6,13H,5H2. The molecule has 1 aliphatic carbocycles. The summed E-state index contributed by atoms with van der Waals surface area (Å²) in [5.74, 6) is -0.961. The first kappa shape index (κ1) is 10.8. The topological polar surface area (TPSA) is 20.2 Å². The van der Waals surface area contributed by atoms with Crippen molar-refractivity contribution >= 4 is 15.9 Å². The van der Waals surface area contributed by atoms with Gasteiger partial charge in [-0.1, -0.05) is 40.2 Å². The Balaban J connectivity index is 3.00.